The maximum absolute atomic E-state index is 11.8. The molecule has 1 aromatic rings. The normalized spacial score (nSPS) is 11.1. The van der Waals surface area contributed by atoms with Gasteiger partial charge in [0.25, 0.3) is 0 Å². The van der Waals surface area contributed by atoms with E-state index >= 15 is 0 Å². The Labute approximate surface area is 96.0 Å². The second-order valence-corrected chi connectivity index (χ2v) is 3.50. The number of aryl methyl sites for hydroxylation is 1. The van der Waals surface area contributed by atoms with Gasteiger partial charge >= 0.3 is 12.2 Å². The van der Waals surface area contributed by atoms with E-state index in [1.54, 1.807) is 24.4 Å². The molecular weight excluding hydrogens is 235 g/mol. The number of anilines is 2. The maximum Gasteiger partial charge on any atom is 0.405 e. The lowest BCUT2D eigenvalue weighted by Gasteiger charge is -2.11. The zero-order chi connectivity index (χ0) is 13.1. The van der Waals surface area contributed by atoms with Crippen LogP contribution in [0.15, 0.2) is 18.2 Å². The van der Waals surface area contributed by atoms with Gasteiger partial charge in [-0.2, -0.15) is 13.2 Å². The highest BCUT2D eigenvalue weighted by Crippen LogP contribution is 2.18. The van der Waals surface area contributed by atoms with E-state index < -0.39 is 18.8 Å². The largest absolute Gasteiger partial charge is 0.405 e. The molecule has 0 fully saturated rings. The SMILES string of the molecule is Cc1ccc(N)cc1NC(=O)NCC(F)(F)F. The van der Waals surface area contributed by atoms with E-state index in [4.69, 9.17) is 5.73 Å². The number of hydrogen-bond donors (Lipinski definition) is 3. The summed E-state index contributed by atoms with van der Waals surface area (Å²) < 4.78 is 35.5. The van der Waals surface area contributed by atoms with Gasteiger partial charge in [0.05, 0.1) is 0 Å². The van der Waals surface area contributed by atoms with Crippen LogP contribution in [0.3, 0.4) is 0 Å². The van der Waals surface area contributed by atoms with E-state index in [2.05, 4.69) is 5.32 Å². The Bertz CT molecular complexity index is 418. The Morgan fingerprint density at radius 2 is 2.06 bits per heavy atom. The fourth-order valence-corrected chi connectivity index (χ4v) is 1.12. The van der Waals surface area contributed by atoms with Gasteiger partial charge in [-0.25, -0.2) is 4.79 Å². The van der Waals surface area contributed by atoms with Crippen molar-refractivity contribution in [2.24, 2.45) is 0 Å². The lowest BCUT2D eigenvalue weighted by atomic mass is 10.2. The van der Waals surface area contributed by atoms with Crippen molar-refractivity contribution in [2.75, 3.05) is 17.6 Å². The van der Waals surface area contributed by atoms with Crippen LogP contribution in [0.4, 0.5) is 29.3 Å². The van der Waals surface area contributed by atoms with Gasteiger partial charge in [0.2, 0.25) is 0 Å². The van der Waals surface area contributed by atoms with E-state index in [1.165, 1.54) is 6.07 Å². The van der Waals surface area contributed by atoms with Crippen LogP contribution in [-0.4, -0.2) is 18.8 Å². The molecule has 4 nitrogen and oxygen atoms in total. The minimum Gasteiger partial charge on any atom is -0.399 e. The van der Waals surface area contributed by atoms with Crippen molar-refractivity contribution in [1.82, 2.24) is 5.32 Å². The average molecular weight is 247 g/mol. The molecule has 0 spiro atoms. The third-order valence-corrected chi connectivity index (χ3v) is 1.96. The first-order valence-corrected chi connectivity index (χ1v) is 4.75. The van der Waals surface area contributed by atoms with Crippen LogP contribution in [0.5, 0.6) is 0 Å². The highest BCUT2D eigenvalue weighted by Gasteiger charge is 2.27. The first-order chi connectivity index (χ1) is 7.78. The molecule has 0 radical (unpaired) electrons. The summed E-state index contributed by atoms with van der Waals surface area (Å²) in [6, 6.07) is 3.85. The highest BCUT2D eigenvalue weighted by molar-refractivity contribution is 5.90. The van der Waals surface area contributed by atoms with Crippen LogP contribution in [0.25, 0.3) is 0 Å². The number of carbonyl (C=O) groups excluding carboxylic acids is 1. The third-order valence-electron chi connectivity index (χ3n) is 1.96. The van der Waals surface area contributed by atoms with Crippen LogP contribution in [0.1, 0.15) is 5.56 Å². The van der Waals surface area contributed by atoms with Crippen LogP contribution in [0.2, 0.25) is 0 Å². The summed E-state index contributed by atoms with van der Waals surface area (Å²) in [6.45, 7) is 0.332. The molecule has 94 valence electrons. The molecule has 0 saturated heterocycles. The van der Waals surface area contributed by atoms with Gasteiger partial charge in [-0.3, -0.25) is 0 Å². The predicted octanol–water partition coefficient (Wildman–Crippen LogP) is 2.26. The second-order valence-electron chi connectivity index (χ2n) is 3.50. The van der Waals surface area contributed by atoms with Gasteiger partial charge in [0.1, 0.15) is 6.54 Å². The number of nitrogens with two attached hydrogens (primary N) is 1. The maximum atomic E-state index is 11.8. The molecule has 1 rings (SSSR count). The van der Waals surface area contributed by atoms with Gasteiger partial charge in [-0.15, -0.1) is 0 Å². The molecule has 0 unspecified atom stereocenters. The minimum atomic E-state index is -4.43. The molecule has 0 aromatic heterocycles. The summed E-state index contributed by atoms with van der Waals surface area (Å²) in [5, 5.41) is 4.00. The van der Waals surface area contributed by atoms with Crippen molar-refractivity contribution in [3.05, 3.63) is 23.8 Å². The van der Waals surface area contributed by atoms with Crippen molar-refractivity contribution in [3.63, 3.8) is 0 Å². The second kappa shape index (κ2) is 4.94. The van der Waals surface area contributed by atoms with Crippen LogP contribution < -0.4 is 16.4 Å². The molecule has 0 atom stereocenters. The number of urea groups is 1. The zero-order valence-electron chi connectivity index (χ0n) is 9.06. The molecule has 0 bridgehead atoms. The average Bonchev–Trinajstić information content (AvgIpc) is 2.20. The third kappa shape index (κ3) is 4.62. The molecule has 17 heavy (non-hydrogen) atoms. The topological polar surface area (TPSA) is 67.1 Å². The van der Waals surface area contributed by atoms with E-state index in [0.29, 0.717) is 16.9 Å². The summed E-state index contributed by atoms with van der Waals surface area (Å²) in [7, 11) is 0. The Hall–Kier alpha value is -1.92. The Morgan fingerprint density at radius 3 is 2.65 bits per heavy atom. The molecule has 0 saturated carbocycles. The quantitative estimate of drug-likeness (QED) is 0.702. The fraction of sp³-hybridized carbons (Fsp3) is 0.300. The van der Waals surface area contributed by atoms with Crippen LogP contribution in [-0.2, 0) is 0 Å². The summed E-state index contributed by atoms with van der Waals surface area (Å²) in [6.07, 6.45) is -4.43. The fourth-order valence-electron chi connectivity index (χ4n) is 1.12. The molecule has 0 aliphatic rings. The minimum absolute atomic E-state index is 0.379. The number of benzene rings is 1. The first kappa shape index (κ1) is 13.1. The van der Waals surface area contributed by atoms with Crippen molar-refractivity contribution < 1.29 is 18.0 Å². The number of hydrogen-bond acceptors (Lipinski definition) is 2. The number of alkyl halides is 3. The van der Waals surface area contributed by atoms with Crippen molar-refractivity contribution in [1.29, 1.82) is 0 Å². The Morgan fingerprint density at radius 1 is 1.41 bits per heavy atom. The highest BCUT2D eigenvalue weighted by atomic mass is 19.4. The molecule has 0 aliphatic carbocycles. The molecule has 0 heterocycles. The molecule has 2 amide bonds. The molecule has 4 N–H and O–H groups in total. The lowest BCUT2D eigenvalue weighted by Crippen LogP contribution is -2.36. The number of nitrogen functional groups attached to an aromatic ring is 1. The Balaban J connectivity index is 2.59. The molecule has 0 aliphatic heterocycles. The van der Waals surface area contributed by atoms with Gasteiger partial charge in [0.15, 0.2) is 0 Å². The molecule has 7 heteroatoms. The van der Waals surface area contributed by atoms with Gasteiger partial charge < -0.3 is 16.4 Å². The van der Waals surface area contributed by atoms with E-state index in [0.717, 1.165) is 0 Å². The zero-order valence-corrected chi connectivity index (χ0v) is 9.06. The number of halogens is 3. The van der Waals surface area contributed by atoms with Crippen molar-refractivity contribution in [2.45, 2.75) is 13.1 Å². The smallest absolute Gasteiger partial charge is 0.399 e. The van der Waals surface area contributed by atoms with Crippen LogP contribution in [0, 0.1) is 6.92 Å². The lowest BCUT2D eigenvalue weighted by molar-refractivity contribution is -0.122. The molecular formula is C10H12F3N3O. The van der Waals surface area contributed by atoms with Crippen LogP contribution >= 0.6 is 0 Å². The number of carbonyl (C=O) groups is 1. The molecule has 1 aromatic carbocycles. The summed E-state index contributed by atoms with van der Waals surface area (Å²) in [5.74, 6) is 0. The van der Waals surface area contributed by atoms with Gasteiger partial charge in [0, 0.05) is 11.4 Å². The van der Waals surface area contributed by atoms with E-state index in [9.17, 15) is 18.0 Å². The predicted molar refractivity (Wildman–Crippen MR) is 58.7 cm³/mol. The number of rotatable bonds is 2. The number of nitrogens with one attached hydrogen (secondary N) is 2. The van der Waals surface area contributed by atoms with Crippen molar-refractivity contribution in [3.8, 4) is 0 Å². The monoisotopic (exact) mass is 247 g/mol. The summed E-state index contributed by atoms with van der Waals surface area (Å²) >= 11 is 0. The van der Waals surface area contributed by atoms with Gasteiger partial charge in [-0.1, -0.05) is 6.07 Å². The first-order valence-electron chi connectivity index (χ1n) is 4.75. The van der Waals surface area contributed by atoms with E-state index in [1.807, 2.05) is 0 Å². The standard InChI is InChI=1S/C10H12F3N3O/c1-6-2-3-7(14)4-8(6)16-9(17)15-5-10(11,12)13/h2-4H,5,14H2,1H3,(H2,15,16,17). The Kier molecular flexibility index (Phi) is 3.82. The summed E-state index contributed by atoms with van der Waals surface area (Å²) in [5.41, 5.74) is 7.00. The summed E-state index contributed by atoms with van der Waals surface area (Å²) in [4.78, 5) is 11.2. The van der Waals surface area contributed by atoms with Crippen molar-refractivity contribution >= 4 is 17.4 Å². The number of amides is 2. The van der Waals surface area contributed by atoms with E-state index in [-0.39, 0.29) is 0 Å². The van der Waals surface area contributed by atoms with Gasteiger partial charge in [-0.05, 0) is 24.6 Å².